The zero-order chi connectivity index (χ0) is 22.7. The second-order valence-corrected chi connectivity index (χ2v) is 7.68. The molecule has 3 aromatic rings. The van der Waals surface area contributed by atoms with Gasteiger partial charge in [0.05, 0.1) is 0 Å². The number of nitriles is 1. The third kappa shape index (κ3) is 4.23. The molecule has 1 aliphatic carbocycles. The highest BCUT2D eigenvalue weighted by Gasteiger charge is 2.22. The van der Waals surface area contributed by atoms with Crippen LogP contribution in [-0.4, -0.2) is 21.3 Å². The highest BCUT2D eigenvalue weighted by molar-refractivity contribution is 6.02. The number of nitrogens with zero attached hydrogens (tertiary/aromatic N) is 3. The fourth-order valence-electron chi connectivity index (χ4n) is 3.75. The summed E-state index contributed by atoms with van der Waals surface area (Å²) in [6, 6.07) is 11.1. The van der Waals surface area contributed by atoms with E-state index in [-0.39, 0.29) is 28.8 Å². The van der Waals surface area contributed by atoms with E-state index in [2.05, 4.69) is 10.3 Å². The van der Waals surface area contributed by atoms with Gasteiger partial charge in [-0.05, 0) is 49.6 Å². The Morgan fingerprint density at radius 2 is 2.03 bits per heavy atom. The van der Waals surface area contributed by atoms with E-state index in [1.54, 1.807) is 25.1 Å². The van der Waals surface area contributed by atoms with Gasteiger partial charge in [0.25, 0.3) is 11.5 Å². The number of para-hydroxylation sites is 1. The van der Waals surface area contributed by atoms with Crippen molar-refractivity contribution in [3.63, 3.8) is 0 Å². The Morgan fingerprint density at radius 1 is 1.28 bits per heavy atom. The standard InChI is InChI=1S/C24H21FN4O3/c1-15-7-6-12-29-21(15)28-23(32-20-11-5-4-10-19(20)25)18(24(29)31)13-16(14-26)22(30)27-17-8-2-3-9-17/h4-7,10-13,17H,2-3,8-9H2,1H3,(H,27,30)/b16-13+. The summed E-state index contributed by atoms with van der Waals surface area (Å²) in [5.41, 5.74) is 0.135. The number of nitrogens with one attached hydrogen (secondary N) is 1. The molecule has 8 heteroatoms. The van der Waals surface area contributed by atoms with Gasteiger partial charge >= 0.3 is 0 Å². The van der Waals surface area contributed by atoms with Gasteiger partial charge in [-0.1, -0.05) is 31.0 Å². The number of fused-ring (bicyclic) bond motifs is 1. The number of rotatable bonds is 5. The monoisotopic (exact) mass is 432 g/mol. The zero-order valence-corrected chi connectivity index (χ0v) is 17.5. The van der Waals surface area contributed by atoms with E-state index < -0.39 is 17.3 Å². The van der Waals surface area contributed by atoms with Crippen molar-refractivity contribution in [2.24, 2.45) is 0 Å². The number of amides is 1. The molecule has 0 aliphatic heterocycles. The van der Waals surface area contributed by atoms with Crippen LogP contribution in [0.15, 0.2) is 53.0 Å². The van der Waals surface area contributed by atoms with Gasteiger partial charge in [0.1, 0.15) is 22.9 Å². The lowest BCUT2D eigenvalue weighted by Crippen LogP contribution is -2.33. The first-order valence-corrected chi connectivity index (χ1v) is 10.3. The minimum atomic E-state index is -0.631. The molecule has 162 valence electrons. The molecule has 2 heterocycles. The lowest BCUT2D eigenvalue weighted by Gasteiger charge is -2.13. The van der Waals surface area contributed by atoms with Crippen LogP contribution < -0.4 is 15.6 Å². The summed E-state index contributed by atoms with van der Waals surface area (Å²) >= 11 is 0. The van der Waals surface area contributed by atoms with Gasteiger partial charge in [0.2, 0.25) is 5.88 Å². The van der Waals surface area contributed by atoms with Gasteiger partial charge in [-0.15, -0.1) is 0 Å². The second kappa shape index (κ2) is 9.02. The molecule has 32 heavy (non-hydrogen) atoms. The average Bonchev–Trinajstić information content (AvgIpc) is 3.29. The second-order valence-electron chi connectivity index (χ2n) is 7.68. The van der Waals surface area contributed by atoms with Crippen LogP contribution in [0.3, 0.4) is 0 Å². The molecule has 2 aromatic heterocycles. The van der Waals surface area contributed by atoms with Crippen molar-refractivity contribution in [1.82, 2.24) is 14.7 Å². The first-order valence-electron chi connectivity index (χ1n) is 10.3. The maximum absolute atomic E-state index is 14.2. The molecule has 0 radical (unpaired) electrons. The van der Waals surface area contributed by atoms with Crippen molar-refractivity contribution in [2.45, 2.75) is 38.6 Å². The first kappa shape index (κ1) is 21.2. The number of halogens is 1. The molecule has 0 unspecified atom stereocenters. The van der Waals surface area contributed by atoms with Crippen molar-refractivity contribution < 1.29 is 13.9 Å². The van der Waals surface area contributed by atoms with Crippen molar-refractivity contribution in [3.05, 3.63) is 75.5 Å². The fourth-order valence-corrected chi connectivity index (χ4v) is 3.75. The van der Waals surface area contributed by atoms with Crippen LogP contribution in [0.1, 0.15) is 36.8 Å². The Morgan fingerprint density at radius 3 is 2.75 bits per heavy atom. The number of carbonyl (C=O) groups excluding carboxylic acids is 1. The summed E-state index contributed by atoms with van der Waals surface area (Å²) < 4.78 is 21.2. The number of benzene rings is 1. The van der Waals surface area contributed by atoms with Gasteiger partial charge in [0.15, 0.2) is 11.6 Å². The molecule has 0 atom stereocenters. The van der Waals surface area contributed by atoms with Crippen LogP contribution in [0.4, 0.5) is 4.39 Å². The van der Waals surface area contributed by atoms with Crippen LogP contribution in [0, 0.1) is 24.1 Å². The Balaban J connectivity index is 1.84. The number of aromatic nitrogens is 2. The van der Waals surface area contributed by atoms with Crippen LogP contribution in [-0.2, 0) is 4.79 Å². The Kier molecular flexibility index (Phi) is 5.99. The number of carbonyl (C=O) groups is 1. The van der Waals surface area contributed by atoms with Gasteiger partial charge in [0, 0.05) is 12.2 Å². The zero-order valence-electron chi connectivity index (χ0n) is 17.5. The van der Waals surface area contributed by atoms with Crippen molar-refractivity contribution >= 4 is 17.6 Å². The van der Waals surface area contributed by atoms with E-state index >= 15 is 0 Å². The summed E-state index contributed by atoms with van der Waals surface area (Å²) in [6.45, 7) is 1.78. The van der Waals surface area contributed by atoms with Gasteiger partial charge in [-0.2, -0.15) is 10.2 Å². The maximum Gasteiger partial charge on any atom is 0.269 e. The Labute approximate surface area is 183 Å². The normalized spacial score (nSPS) is 14.3. The van der Waals surface area contributed by atoms with Gasteiger partial charge in [-0.3, -0.25) is 14.0 Å². The minimum absolute atomic E-state index is 0.00635. The molecular formula is C24H21FN4O3. The molecule has 1 fully saturated rings. The third-order valence-corrected chi connectivity index (χ3v) is 5.44. The van der Waals surface area contributed by atoms with Crippen molar-refractivity contribution in [1.29, 1.82) is 5.26 Å². The van der Waals surface area contributed by atoms with Crippen LogP contribution in [0.2, 0.25) is 0 Å². The van der Waals surface area contributed by atoms with Crippen molar-refractivity contribution in [2.75, 3.05) is 0 Å². The summed E-state index contributed by atoms with van der Waals surface area (Å²) in [5, 5.41) is 12.4. The van der Waals surface area contributed by atoms with Gasteiger partial charge in [-0.25, -0.2) is 4.39 Å². The number of pyridine rings is 1. The molecule has 1 amide bonds. The highest BCUT2D eigenvalue weighted by atomic mass is 19.1. The van der Waals surface area contributed by atoms with E-state index in [0.29, 0.717) is 11.2 Å². The minimum Gasteiger partial charge on any atom is -0.435 e. The molecule has 0 saturated heterocycles. The smallest absolute Gasteiger partial charge is 0.269 e. The third-order valence-electron chi connectivity index (χ3n) is 5.44. The predicted molar refractivity (Wildman–Crippen MR) is 117 cm³/mol. The molecule has 1 saturated carbocycles. The van der Waals surface area contributed by atoms with E-state index in [0.717, 1.165) is 31.8 Å². The Hall–Kier alpha value is -3.99. The summed E-state index contributed by atoms with van der Waals surface area (Å²) in [5.74, 6) is -1.50. The molecule has 0 bridgehead atoms. The SMILES string of the molecule is Cc1cccn2c(=O)c(/C=C(\C#N)C(=O)NC3CCCC3)c(Oc3ccccc3F)nc12. The first-order chi connectivity index (χ1) is 15.5. The van der Waals surface area contributed by atoms with E-state index in [1.807, 2.05) is 6.07 Å². The number of hydrogen-bond donors (Lipinski definition) is 1. The molecule has 1 N–H and O–H groups in total. The number of aryl methyl sites for hydroxylation is 1. The lowest BCUT2D eigenvalue weighted by molar-refractivity contribution is -0.117. The fraction of sp³-hybridized carbons (Fsp3) is 0.250. The van der Waals surface area contributed by atoms with Gasteiger partial charge < -0.3 is 10.1 Å². The molecule has 1 aliphatic rings. The van der Waals surface area contributed by atoms with Crippen LogP contribution in [0.25, 0.3) is 11.7 Å². The van der Waals surface area contributed by atoms with Crippen LogP contribution >= 0.6 is 0 Å². The predicted octanol–water partition coefficient (Wildman–Crippen LogP) is 3.90. The number of hydrogen-bond acceptors (Lipinski definition) is 5. The van der Waals surface area contributed by atoms with Crippen LogP contribution in [0.5, 0.6) is 11.6 Å². The molecule has 1 aromatic carbocycles. The average molecular weight is 432 g/mol. The highest BCUT2D eigenvalue weighted by Crippen LogP contribution is 2.27. The molecule has 4 rings (SSSR count). The quantitative estimate of drug-likeness (QED) is 0.487. The molecular weight excluding hydrogens is 411 g/mol. The lowest BCUT2D eigenvalue weighted by atomic mass is 10.1. The topological polar surface area (TPSA) is 96.5 Å². The summed E-state index contributed by atoms with van der Waals surface area (Å²) in [7, 11) is 0. The number of ether oxygens (including phenoxy) is 1. The largest absolute Gasteiger partial charge is 0.435 e. The molecule has 7 nitrogen and oxygen atoms in total. The Bertz CT molecular complexity index is 1320. The van der Waals surface area contributed by atoms with E-state index in [9.17, 15) is 19.2 Å². The maximum atomic E-state index is 14.2. The van der Waals surface area contributed by atoms with Crippen molar-refractivity contribution in [3.8, 4) is 17.7 Å². The molecule has 0 spiro atoms. The van der Waals surface area contributed by atoms with E-state index in [1.165, 1.54) is 28.8 Å². The summed E-state index contributed by atoms with van der Waals surface area (Å²) in [6.07, 6.45) is 6.44. The van der Waals surface area contributed by atoms with E-state index in [4.69, 9.17) is 4.74 Å². The summed E-state index contributed by atoms with van der Waals surface area (Å²) in [4.78, 5) is 30.3.